The van der Waals surface area contributed by atoms with E-state index < -0.39 is 18.0 Å². The molecule has 4 nitrogen and oxygen atoms in total. The van der Waals surface area contributed by atoms with Crippen LogP contribution in [0.5, 0.6) is 0 Å². The van der Waals surface area contributed by atoms with Crippen molar-refractivity contribution < 1.29 is 14.3 Å². The molecule has 23 heavy (non-hydrogen) atoms. The van der Waals surface area contributed by atoms with Gasteiger partial charge < -0.3 is 10.5 Å². The number of benzene rings is 2. The van der Waals surface area contributed by atoms with Crippen LogP contribution in [0.1, 0.15) is 15.9 Å². The first kappa shape index (κ1) is 18.2. The summed E-state index contributed by atoms with van der Waals surface area (Å²) in [5.41, 5.74) is 6.62. The molecule has 0 unspecified atom stereocenters. The fourth-order valence-electron chi connectivity index (χ4n) is 1.87. The van der Waals surface area contributed by atoms with Crippen molar-refractivity contribution in [2.75, 3.05) is 0 Å². The molecule has 120 valence electrons. The number of ether oxygens (including phenoxy) is 1. The maximum absolute atomic E-state index is 12.0. The topological polar surface area (TPSA) is 69.4 Å². The molecular weight excluding hydrogens is 452 g/mol. The van der Waals surface area contributed by atoms with Gasteiger partial charge in [-0.2, -0.15) is 0 Å². The van der Waals surface area contributed by atoms with Gasteiger partial charge in [-0.05, 0) is 58.8 Å². The van der Waals surface area contributed by atoms with Gasteiger partial charge in [-0.25, -0.2) is 9.59 Å². The van der Waals surface area contributed by atoms with E-state index in [0.717, 1.165) is 9.13 Å². The van der Waals surface area contributed by atoms with Crippen LogP contribution in [0, 0.1) is 3.57 Å². The van der Waals surface area contributed by atoms with Crippen molar-refractivity contribution in [3.8, 4) is 0 Å². The van der Waals surface area contributed by atoms with Crippen LogP contribution in [-0.4, -0.2) is 18.0 Å². The van der Waals surface area contributed by atoms with Gasteiger partial charge in [-0.1, -0.05) is 41.4 Å². The van der Waals surface area contributed by atoms with E-state index in [0.29, 0.717) is 0 Å². The Kier molecular flexibility index (Phi) is 6.41. The van der Waals surface area contributed by atoms with Crippen molar-refractivity contribution in [3.05, 3.63) is 67.2 Å². The second-order valence-electron chi connectivity index (χ2n) is 4.74. The average Bonchev–Trinajstić information content (AvgIpc) is 2.49. The molecule has 2 N–H and O–H groups in total. The molecule has 0 fully saturated rings. The van der Waals surface area contributed by atoms with Crippen LogP contribution in [0.4, 0.5) is 0 Å². The van der Waals surface area contributed by atoms with Crippen molar-refractivity contribution in [2.24, 2.45) is 5.73 Å². The highest BCUT2D eigenvalue weighted by Gasteiger charge is 2.23. The summed E-state index contributed by atoms with van der Waals surface area (Å²) >= 11 is 14.0. The van der Waals surface area contributed by atoms with Gasteiger partial charge >= 0.3 is 11.9 Å². The Bertz CT molecular complexity index is 714. The summed E-state index contributed by atoms with van der Waals surface area (Å²) in [4.78, 5) is 24.0. The number of hydrogen-bond donors (Lipinski definition) is 1. The molecule has 0 bridgehead atoms. The third kappa shape index (κ3) is 4.91. The minimum absolute atomic E-state index is 0.0503. The van der Waals surface area contributed by atoms with Crippen molar-refractivity contribution in [3.63, 3.8) is 0 Å². The first-order valence-electron chi connectivity index (χ1n) is 6.58. The standard InChI is InChI=1S/C16H12Cl2INO3/c17-11-2-1-3-12(18)14(11)16(22)23-15(21)13(20)8-9-4-6-10(19)7-5-9/h1-7,13H,8,20H2/t13-/m0/s1. The highest BCUT2D eigenvalue weighted by molar-refractivity contribution is 14.1. The predicted molar refractivity (Wildman–Crippen MR) is 97.7 cm³/mol. The molecule has 0 radical (unpaired) electrons. The molecule has 7 heteroatoms. The summed E-state index contributed by atoms with van der Waals surface area (Å²) in [5, 5.41) is 0.225. The van der Waals surface area contributed by atoms with E-state index in [4.69, 9.17) is 33.7 Å². The Morgan fingerprint density at radius 3 is 2.22 bits per heavy atom. The molecule has 2 rings (SSSR count). The number of carbonyl (C=O) groups excluding carboxylic acids is 2. The van der Waals surface area contributed by atoms with E-state index in [1.54, 1.807) is 6.07 Å². The lowest BCUT2D eigenvalue weighted by Crippen LogP contribution is -2.35. The summed E-state index contributed by atoms with van der Waals surface area (Å²) in [6.07, 6.45) is 0.263. The van der Waals surface area contributed by atoms with Crippen LogP contribution >= 0.6 is 45.8 Å². The predicted octanol–water partition coefficient (Wildman–Crippen LogP) is 3.85. The van der Waals surface area contributed by atoms with Gasteiger partial charge in [0.25, 0.3) is 0 Å². The number of carbonyl (C=O) groups is 2. The van der Waals surface area contributed by atoms with Crippen molar-refractivity contribution in [1.29, 1.82) is 0 Å². The van der Waals surface area contributed by atoms with Crippen LogP contribution in [-0.2, 0) is 16.0 Å². The van der Waals surface area contributed by atoms with Gasteiger partial charge in [-0.15, -0.1) is 0 Å². The lowest BCUT2D eigenvalue weighted by atomic mass is 10.1. The monoisotopic (exact) mass is 463 g/mol. The second-order valence-corrected chi connectivity index (χ2v) is 6.80. The van der Waals surface area contributed by atoms with E-state index >= 15 is 0 Å². The van der Waals surface area contributed by atoms with Crippen molar-refractivity contribution in [2.45, 2.75) is 12.5 Å². The molecule has 0 saturated heterocycles. The highest BCUT2D eigenvalue weighted by atomic mass is 127. The van der Waals surface area contributed by atoms with Crippen LogP contribution in [0.25, 0.3) is 0 Å². The number of nitrogens with two attached hydrogens (primary N) is 1. The maximum Gasteiger partial charge on any atom is 0.348 e. The Balaban J connectivity index is 2.03. The third-order valence-corrected chi connectivity index (χ3v) is 4.38. The fraction of sp³-hybridized carbons (Fsp3) is 0.125. The molecule has 0 aliphatic carbocycles. The summed E-state index contributed by atoms with van der Waals surface area (Å²) in [6, 6.07) is 11.1. The molecule has 1 atom stereocenters. The van der Waals surface area contributed by atoms with Crippen LogP contribution in [0.15, 0.2) is 42.5 Å². The van der Waals surface area contributed by atoms with E-state index in [1.807, 2.05) is 24.3 Å². The number of hydrogen-bond acceptors (Lipinski definition) is 4. The van der Waals surface area contributed by atoms with Gasteiger partial charge in [0.1, 0.15) is 6.04 Å². The Labute approximate surface area is 157 Å². The fourth-order valence-corrected chi connectivity index (χ4v) is 2.78. The van der Waals surface area contributed by atoms with Gasteiger partial charge in [-0.3, -0.25) is 0 Å². The van der Waals surface area contributed by atoms with E-state index in [2.05, 4.69) is 22.6 Å². The molecule has 0 heterocycles. The summed E-state index contributed by atoms with van der Waals surface area (Å²) < 4.78 is 5.86. The van der Waals surface area contributed by atoms with Gasteiger partial charge in [0.15, 0.2) is 0 Å². The molecule has 0 saturated carbocycles. The highest BCUT2D eigenvalue weighted by Crippen LogP contribution is 2.25. The Morgan fingerprint density at radius 2 is 1.65 bits per heavy atom. The molecule has 0 spiro atoms. The molecule has 0 aromatic heterocycles. The molecule has 0 amide bonds. The summed E-state index contributed by atoms with van der Waals surface area (Å²) in [6.45, 7) is 0. The SMILES string of the molecule is N[C@@H](Cc1ccc(I)cc1)C(=O)OC(=O)c1c(Cl)cccc1Cl. The van der Waals surface area contributed by atoms with Gasteiger partial charge in [0.05, 0.1) is 15.6 Å². The molecule has 0 aliphatic heterocycles. The molecular formula is C16H12Cl2INO3. The summed E-state index contributed by atoms with van der Waals surface area (Å²) in [5.74, 6) is -1.74. The van der Waals surface area contributed by atoms with E-state index in [-0.39, 0.29) is 22.0 Å². The summed E-state index contributed by atoms with van der Waals surface area (Å²) in [7, 11) is 0. The zero-order chi connectivity index (χ0) is 17.0. The first-order chi connectivity index (χ1) is 10.9. The molecule has 0 aliphatic rings. The van der Waals surface area contributed by atoms with Gasteiger partial charge in [0, 0.05) is 3.57 Å². The average molecular weight is 464 g/mol. The van der Waals surface area contributed by atoms with Crippen molar-refractivity contribution in [1.82, 2.24) is 0 Å². The van der Waals surface area contributed by atoms with Crippen LogP contribution in [0.3, 0.4) is 0 Å². The lowest BCUT2D eigenvalue weighted by Gasteiger charge is -2.11. The Hall–Kier alpha value is -1.15. The quantitative estimate of drug-likeness (QED) is 0.424. The van der Waals surface area contributed by atoms with Crippen LogP contribution in [0.2, 0.25) is 10.0 Å². The van der Waals surface area contributed by atoms with Crippen molar-refractivity contribution >= 4 is 57.7 Å². The number of rotatable bonds is 4. The maximum atomic E-state index is 12.0. The molecule has 2 aromatic rings. The lowest BCUT2D eigenvalue weighted by molar-refractivity contribution is -0.139. The normalized spacial score (nSPS) is 11.8. The van der Waals surface area contributed by atoms with E-state index in [1.165, 1.54) is 12.1 Å². The zero-order valence-corrected chi connectivity index (χ0v) is 15.4. The third-order valence-electron chi connectivity index (χ3n) is 3.03. The first-order valence-corrected chi connectivity index (χ1v) is 8.42. The van der Waals surface area contributed by atoms with E-state index in [9.17, 15) is 9.59 Å². The van der Waals surface area contributed by atoms with Crippen LogP contribution < -0.4 is 5.73 Å². The number of halogens is 3. The minimum atomic E-state index is -0.958. The smallest absolute Gasteiger partial charge is 0.348 e. The number of esters is 2. The second kappa shape index (κ2) is 8.10. The minimum Gasteiger partial charge on any atom is -0.388 e. The molecule has 2 aromatic carbocycles. The Morgan fingerprint density at radius 1 is 1.09 bits per heavy atom. The van der Waals surface area contributed by atoms with Gasteiger partial charge in [0.2, 0.25) is 0 Å². The largest absolute Gasteiger partial charge is 0.388 e. The zero-order valence-electron chi connectivity index (χ0n) is 11.8.